The molecule has 0 unspecified atom stereocenters. The molecule has 0 aliphatic carbocycles. The summed E-state index contributed by atoms with van der Waals surface area (Å²) in [6.45, 7) is 5.10. The molecule has 0 aliphatic rings. The molecule has 3 aromatic carbocycles. The molecule has 0 saturated carbocycles. The van der Waals surface area contributed by atoms with E-state index in [0.29, 0.717) is 22.8 Å². The average Bonchev–Trinajstić information content (AvgIpc) is 2.81. The van der Waals surface area contributed by atoms with E-state index in [2.05, 4.69) is 10.6 Å². The van der Waals surface area contributed by atoms with E-state index in [4.69, 9.17) is 4.74 Å². The number of nitrogens with one attached hydrogen (secondary N) is 2. The van der Waals surface area contributed by atoms with Crippen LogP contribution < -0.4 is 19.7 Å². The molecule has 3 rings (SSSR count). The van der Waals surface area contributed by atoms with E-state index >= 15 is 0 Å². The standard InChI is InChI=1S/C26H29N3O5S/c1-18-8-13-25(16-19(18)2)35(32,33)29(23-9-11-24(34-4)12-10-23)15-14-26(31)28-22-7-5-6-21(17-22)27-20(3)30/h5-13,16-17H,14-15H2,1-4H3,(H,27,30)(H,28,31). The predicted octanol–water partition coefficient (Wildman–Crippen LogP) is 4.49. The van der Waals surface area contributed by atoms with Crippen molar-refractivity contribution < 1.29 is 22.7 Å². The van der Waals surface area contributed by atoms with Crippen LogP contribution in [0.25, 0.3) is 0 Å². The number of carbonyl (C=O) groups excluding carboxylic acids is 2. The Morgan fingerprint density at radius 2 is 1.54 bits per heavy atom. The lowest BCUT2D eigenvalue weighted by atomic mass is 10.1. The molecule has 0 radical (unpaired) electrons. The molecule has 0 aliphatic heterocycles. The fourth-order valence-corrected chi connectivity index (χ4v) is 4.99. The monoisotopic (exact) mass is 495 g/mol. The molecule has 0 atom stereocenters. The van der Waals surface area contributed by atoms with Gasteiger partial charge in [-0.25, -0.2) is 8.42 Å². The van der Waals surface area contributed by atoms with Crippen LogP contribution in [0, 0.1) is 13.8 Å². The highest BCUT2D eigenvalue weighted by Gasteiger charge is 2.26. The summed E-state index contributed by atoms with van der Waals surface area (Å²) in [5, 5.41) is 5.41. The Hall–Kier alpha value is -3.85. The predicted molar refractivity (Wildman–Crippen MR) is 137 cm³/mol. The van der Waals surface area contributed by atoms with Gasteiger partial charge in [0.15, 0.2) is 0 Å². The molecule has 0 saturated heterocycles. The van der Waals surface area contributed by atoms with Crippen LogP contribution in [-0.4, -0.2) is 33.9 Å². The van der Waals surface area contributed by atoms with Gasteiger partial charge in [0, 0.05) is 31.3 Å². The van der Waals surface area contributed by atoms with E-state index in [0.717, 1.165) is 11.1 Å². The summed E-state index contributed by atoms with van der Waals surface area (Å²) < 4.78 is 33.6. The molecule has 0 spiro atoms. The maximum atomic E-state index is 13.6. The first-order valence-electron chi connectivity index (χ1n) is 11.0. The van der Waals surface area contributed by atoms with Crippen LogP contribution in [0.2, 0.25) is 0 Å². The summed E-state index contributed by atoms with van der Waals surface area (Å²) in [5.41, 5.74) is 3.31. The number of amides is 2. The Balaban J connectivity index is 1.83. The zero-order valence-corrected chi connectivity index (χ0v) is 21.0. The number of methoxy groups -OCH3 is 1. The molecule has 0 fully saturated rings. The van der Waals surface area contributed by atoms with Gasteiger partial charge in [0.1, 0.15) is 5.75 Å². The van der Waals surface area contributed by atoms with Gasteiger partial charge < -0.3 is 15.4 Å². The molecule has 35 heavy (non-hydrogen) atoms. The van der Waals surface area contributed by atoms with Crippen LogP contribution in [0.5, 0.6) is 5.75 Å². The smallest absolute Gasteiger partial charge is 0.264 e. The summed E-state index contributed by atoms with van der Waals surface area (Å²) in [5.74, 6) is 0.00741. The third-order valence-corrected chi connectivity index (χ3v) is 7.26. The van der Waals surface area contributed by atoms with Gasteiger partial charge in [-0.05, 0) is 79.6 Å². The number of nitrogens with zero attached hydrogens (tertiary/aromatic N) is 1. The van der Waals surface area contributed by atoms with E-state index in [-0.39, 0.29) is 29.7 Å². The van der Waals surface area contributed by atoms with Crippen molar-refractivity contribution in [2.45, 2.75) is 32.1 Å². The van der Waals surface area contributed by atoms with Crippen molar-refractivity contribution in [2.24, 2.45) is 0 Å². The quantitative estimate of drug-likeness (QED) is 0.455. The third kappa shape index (κ3) is 6.60. The minimum atomic E-state index is -3.94. The van der Waals surface area contributed by atoms with E-state index in [1.54, 1.807) is 66.7 Å². The molecule has 0 bridgehead atoms. The van der Waals surface area contributed by atoms with Crippen molar-refractivity contribution in [3.63, 3.8) is 0 Å². The first-order chi connectivity index (χ1) is 16.6. The number of aryl methyl sites for hydroxylation is 2. The van der Waals surface area contributed by atoms with Crippen LogP contribution in [0.15, 0.2) is 71.6 Å². The summed E-state index contributed by atoms with van der Waals surface area (Å²) >= 11 is 0. The van der Waals surface area contributed by atoms with Gasteiger partial charge in [0.05, 0.1) is 17.7 Å². The highest BCUT2D eigenvalue weighted by Crippen LogP contribution is 2.27. The first kappa shape index (κ1) is 25.8. The van der Waals surface area contributed by atoms with Crippen molar-refractivity contribution in [3.8, 4) is 5.75 Å². The van der Waals surface area contributed by atoms with Crippen molar-refractivity contribution in [1.29, 1.82) is 0 Å². The number of hydrogen-bond acceptors (Lipinski definition) is 5. The van der Waals surface area contributed by atoms with Crippen molar-refractivity contribution in [2.75, 3.05) is 28.6 Å². The van der Waals surface area contributed by atoms with Crippen molar-refractivity contribution >= 4 is 38.9 Å². The SMILES string of the molecule is COc1ccc(N(CCC(=O)Nc2cccc(NC(C)=O)c2)S(=O)(=O)c2ccc(C)c(C)c2)cc1. The number of ether oxygens (including phenoxy) is 1. The Morgan fingerprint density at radius 3 is 2.14 bits per heavy atom. The summed E-state index contributed by atoms with van der Waals surface area (Å²) in [6, 6.07) is 18.3. The van der Waals surface area contributed by atoms with E-state index in [9.17, 15) is 18.0 Å². The maximum Gasteiger partial charge on any atom is 0.264 e. The Morgan fingerprint density at radius 1 is 0.886 bits per heavy atom. The highest BCUT2D eigenvalue weighted by atomic mass is 32.2. The van der Waals surface area contributed by atoms with Gasteiger partial charge in [-0.3, -0.25) is 13.9 Å². The minimum Gasteiger partial charge on any atom is -0.497 e. The number of carbonyl (C=O) groups is 2. The maximum absolute atomic E-state index is 13.6. The Labute approximate surface area is 206 Å². The van der Waals surface area contributed by atoms with Crippen LogP contribution >= 0.6 is 0 Å². The number of sulfonamides is 1. The van der Waals surface area contributed by atoms with Gasteiger partial charge in [0.25, 0.3) is 10.0 Å². The zero-order chi connectivity index (χ0) is 25.6. The molecule has 9 heteroatoms. The summed E-state index contributed by atoms with van der Waals surface area (Å²) in [4.78, 5) is 24.1. The van der Waals surface area contributed by atoms with Crippen molar-refractivity contribution in [3.05, 3.63) is 77.9 Å². The lowest BCUT2D eigenvalue weighted by Crippen LogP contribution is -2.34. The molecule has 184 valence electrons. The molecule has 3 aromatic rings. The fourth-order valence-electron chi connectivity index (χ4n) is 3.44. The summed E-state index contributed by atoms with van der Waals surface area (Å²) in [6.07, 6.45) is -0.0829. The molecule has 0 aromatic heterocycles. The fraction of sp³-hybridized carbons (Fsp3) is 0.231. The van der Waals surface area contributed by atoms with Crippen LogP contribution in [0.3, 0.4) is 0 Å². The topological polar surface area (TPSA) is 105 Å². The molecular formula is C26H29N3O5S. The summed E-state index contributed by atoms with van der Waals surface area (Å²) in [7, 11) is -2.41. The normalized spacial score (nSPS) is 11.0. The number of anilines is 3. The Kier molecular flexibility index (Phi) is 8.14. The van der Waals surface area contributed by atoms with Crippen molar-refractivity contribution in [1.82, 2.24) is 0 Å². The zero-order valence-electron chi connectivity index (χ0n) is 20.2. The van der Waals surface area contributed by atoms with Crippen LogP contribution in [0.4, 0.5) is 17.1 Å². The second kappa shape index (κ2) is 11.1. The number of benzene rings is 3. The second-order valence-corrected chi connectivity index (χ2v) is 9.94. The van der Waals surface area contributed by atoms with Gasteiger partial charge >= 0.3 is 0 Å². The molecule has 8 nitrogen and oxygen atoms in total. The van der Waals surface area contributed by atoms with Gasteiger partial charge in [0.2, 0.25) is 11.8 Å². The van der Waals surface area contributed by atoms with Gasteiger partial charge in [-0.1, -0.05) is 12.1 Å². The van der Waals surface area contributed by atoms with E-state index in [1.807, 2.05) is 13.8 Å². The van der Waals surface area contributed by atoms with Gasteiger partial charge in [-0.15, -0.1) is 0 Å². The molecule has 2 amide bonds. The van der Waals surface area contributed by atoms with Crippen LogP contribution in [0.1, 0.15) is 24.5 Å². The number of hydrogen-bond donors (Lipinski definition) is 2. The molecular weight excluding hydrogens is 466 g/mol. The number of rotatable bonds is 9. The Bertz CT molecular complexity index is 1320. The van der Waals surface area contributed by atoms with E-state index in [1.165, 1.54) is 18.3 Å². The van der Waals surface area contributed by atoms with E-state index < -0.39 is 10.0 Å². The second-order valence-electron chi connectivity index (χ2n) is 8.08. The van der Waals surface area contributed by atoms with Gasteiger partial charge in [-0.2, -0.15) is 0 Å². The van der Waals surface area contributed by atoms with Crippen LogP contribution in [-0.2, 0) is 19.6 Å². The highest BCUT2D eigenvalue weighted by molar-refractivity contribution is 7.92. The lowest BCUT2D eigenvalue weighted by molar-refractivity contribution is -0.116. The molecule has 2 N–H and O–H groups in total. The first-order valence-corrected chi connectivity index (χ1v) is 12.5. The third-order valence-electron chi connectivity index (χ3n) is 5.44. The molecule has 0 heterocycles. The minimum absolute atomic E-state index is 0.0706. The average molecular weight is 496 g/mol. The largest absolute Gasteiger partial charge is 0.497 e. The lowest BCUT2D eigenvalue weighted by Gasteiger charge is -2.25.